The number of para-hydroxylation sites is 1. The summed E-state index contributed by atoms with van der Waals surface area (Å²) in [5, 5.41) is 3.41. The fourth-order valence-electron chi connectivity index (χ4n) is 3.11. The molecule has 21 heavy (non-hydrogen) atoms. The van der Waals surface area contributed by atoms with Crippen LogP contribution in [0.25, 0.3) is 10.1 Å². The van der Waals surface area contributed by atoms with Crippen LogP contribution in [0.15, 0.2) is 53.9 Å². The van der Waals surface area contributed by atoms with Crippen LogP contribution >= 0.6 is 11.3 Å². The molecule has 1 aromatic heterocycles. The van der Waals surface area contributed by atoms with E-state index in [9.17, 15) is 0 Å². The molecule has 0 amide bonds. The Morgan fingerprint density at radius 3 is 2.95 bits per heavy atom. The van der Waals surface area contributed by atoms with Gasteiger partial charge in [0.25, 0.3) is 0 Å². The number of benzene rings is 2. The summed E-state index contributed by atoms with van der Waals surface area (Å²) in [6.07, 6.45) is 0.985. The van der Waals surface area contributed by atoms with Crippen molar-refractivity contribution < 1.29 is 4.74 Å². The maximum atomic E-state index is 6.58. The number of hydrogen-bond donors (Lipinski definition) is 1. The summed E-state index contributed by atoms with van der Waals surface area (Å²) in [5.74, 6) is 1.34. The number of rotatable bonds is 2. The maximum Gasteiger partial charge on any atom is 0.122 e. The molecule has 0 bridgehead atoms. The average molecular weight is 295 g/mol. The summed E-state index contributed by atoms with van der Waals surface area (Å²) in [6.45, 7) is 0.694. The maximum absolute atomic E-state index is 6.58. The van der Waals surface area contributed by atoms with Crippen molar-refractivity contribution in [2.45, 2.75) is 12.5 Å². The zero-order chi connectivity index (χ0) is 14.2. The number of nitrogens with two attached hydrogens (primary N) is 1. The first-order valence-electron chi connectivity index (χ1n) is 7.25. The molecule has 2 heterocycles. The highest BCUT2D eigenvalue weighted by Gasteiger charge is 2.27. The molecule has 2 N–H and O–H groups in total. The summed E-state index contributed by atoms with van der Waals surface area (Å²) < 4.78 is 7.20. The molecule has 2 unspecified atom stereocenters. The Bertz CT molecular complexity index is 779. The third-order valence-corrected chi connectivity index (χ3v) is 5.26. The summed E-state index contributed by atoms with van der Waals surface area (Å²) in [5.41, 5.74) is 9.09. The summed E-state index contributed by atoms with van der Waals surface area (Å²) >= 11 is 1.77. The number of ether oxygens (including phenoxy) is 1. The van der Waals surface area contributed by atoms with Crippen LogP contribution in [0.2, 0.25) is 0 Å². The Morgan fingerprint density at radius 1 is 1.10 bits per heavy atom. The van der Waals surface area contributed by atoms with Crippen LogP contribution in [0.3, 0.4) is 0 Å². The van der Waals surface area contributed by atoms with E-state index in [2.05, 4.69) is 41.8 Å². The molecular weight excluding hydrogens is 278 g/mol. The Labute approximate surface area is 128 Å². The van der Waals surface area contributed by atoms with Gasteiger partial charge in [0.15, 0.2) is 0 Å². The molecule has 3 heteroatoms. The van der Waals surface area contributed by atoms with Crippen LogP contribution in [0.4, 0.5) is 0 Å². The van der Waals surface area contributed by atoms with Crippen molar-refractivity contribution in [2.24, 2.45) is 11.7 Å². The smallest absolute Gasteiger partial charge is 0.122 e. The largest absolute Gasteiger partial charge is 0.493 e. The minimum atomic E-state index is 0.0145. The molecule has 0 aliphatic carbocycles. The van der Waals surface area contributed by atoms with Gasteiger partial charge in [-0.05, 0) is 40.4 Å². The molecule has 0 radical (unpaired) electrons. The standard InChI is InChI=1S/C18H17NOS/c19-17(15-6-3-5-12-8-9-21-18(12)15)14-10-13-4-1-2-7-16(13)20-11-14/h1-9,14,17H,10-11,19H2. The van der Waals surface area contributed by atoms with Gasteiger partial charge in [0.05, 0.1) is 6.61 Å². The Balaban J connectivity index is 1.67. The summed E-state index contributed by atoms with van der Waals surface area (Å²) in [7, 11) is 0. The lowest BCUT2D eigenvalue weighted by Gasteiger charge is -2.30. The van der Waals surface area contributed by atoms with Crippen LogP contribution in [0, 0.1) is 5.92 Å². The lowest BCUT2D eigenvalue weighted by Crippen LogP contribution is -2.31. The highest BCUT2D eigenvalue weighted by molar-refractivity contribution is 7.17. The van der Waals surface area contributed by atoms with Crippen LogP contribution < -0.4 is 10.5 Å². The van der Waals surface area contributed by atoms with Gasteiger partial charge in [-0.1, -0.05) is 36.4 Å². The second-order valence-corrected chi connectivity index (χ2v) is 6.51. The minimum Gasteiger partial charge on any atom is -0.493 e. The number of hydrogen-bond acceptors (Lipinski definition) is 3. The van der Waals surface area contributed by atoms with E-state index in [1.807, 2.05) is 12.1 Å². The molecule has 2 atom stereocenters. The first-order chi connectivity index (χ1) is 10.3. The minimum absolute atomic E-state index is 0.0145. The molecule has 4 rings (SSSR count). The molecule has 0 saturated carbocycles. The van der Waals surface area contributed by atoms with Crippen LogP contribution in [0.1, 0.15) is 17.2 Å². The molecule has 3 aromatic rings. The van der Waals surface area contributed by atoms with E-state index in [1.165, 1.54) is 21.2 Å². The average Bonchev–Trinajstić information content (AvgIpc) is 3.02. The van der Waals surface area contributed by atoms with Gasteiger partial charge in [-0.25, -0.2) is 0 Å². The third-order valence-electron chi connectivity index (χ3n) is 4.28. The van der Waals surface area contributed by atoms with Crippen molar-refractivity contribution in [3.05, 3.63) is 65.0 Å². The van der Waals surface area contributed by atoms with Crippen LogP contribution in [-0.4, -0.2) is 6.61 Å². The van der Waals surface area contributed by atoms with Gasteiger partial charge < -0.3 is 10.5 Å². The number of thiophene rings is 1. The summed E-state index contributed by atoms with van der Waals surface area (Å²) in [4.78, 5) is 0. The zero-order valence-corrected chi connectivity index (χ0v) is 12.5. The Kier molecular flexibility index (Phi) is 3.17. The lowest BCUT2D eigenvalue weighted by molar-refractivity contribution is 0.200. The van der Waals surface area contributed by atoms with E-state index in [0.29, 0.717) is 12.5 Å². The predicted molar refractivity (Wildman–Crippen MR) is 87.9 cm³/mol. The molecule has 2 aromatic carbocycles. The first kappa shape index (κ1) is 12.9. The lowest BCUT2D eigenvalue weighted by atomic mass is 9.87. The molecule has 1 aliphatic rings. The van der Waals surface area contributed by atoms with Crippen LogP contribution in [-0.2, 0) is 6.42 Å². The predicted octanol–water partition coefficient (Wildman–Crippen LogP) is 4.15. The van der Waals surface area contributed by atoms with Gasteiger partial charge in [-0.2, -0.15) is 0 Å². The van der Waals surface area contributed by atoms with Gasteiger partial charge >= 0.3 is 0 Å². The quantitative estimate of drug-likeness (QED) is 0.770. The van der Waals surface area contributed by atoms with Crippen molar-refractivity contribution in [3.8, 4) is 5.75 Å². The van der Waals surface area contributed by atoms with Crippen molar-refractivity contribution in [2.75, 3.05) is 6.61 Å². The van der Waals surface area contributed by atoms with Gasteiger partial charge in [0, 0.05) is 16.7 Å². The fourth-order valence-corrected chi connectivity index (χ4v) is 4.08. The normalized spacial score (nSPS) is 19.0. The van der Waals surface area contributed by atoms with E-state index in [0.717, 1.165) is 12.2 Å². The van der Waals surface area contributed by atoms with E-state index in [4.69, 9.17) is 10.5 Å². The highest BCUT2D eigenvalue weighted by Crippen LogP contribution is 2.36. The van der Waals surface area contributed by atoms with Gasteiger partial charge in [-0.15, -0.1) is 11.3 Å². The molecule has 0 fully saturated rings. The van der Waals surface area contributed by atoms with Gasteiger partial charge in [0.1, 0.15) is 5.75 Å². The first-order valence-corrected chi connectivity index (χ1v) is 8.13. The topological polar surface area (TPSA) is 35.2 Å². The van der Waals surface area contributed by atoms with Gasteiger partial charge in [-0.3, -0.25) is 0 Å². The highest BCUT2D eigenvalue weighted by atomic mass is 32.1. The monoisotopic (exact) mass is 295 g/mol. The number of fused-ring (bicyclic) bond motifs is 2. The summed E-state index contributed by atoms with van der Waals surface area (Å²) in [6, 6.07) is 16.8. The molecule has 1 aliphatic heterocycles. The third kappa shape index (κ3) is 2.23. The van der Waals surface area contributed by atoms with E-state index in [-0.39, 0.29) is 6.04 Å². The SMILES string of the molecule is NC(c1cccc2ccsc12)C1COc2ccccc2C1. The van der Waals surface area contributed by atoms with E-state index >= 15 is 0 Å². The Morgan fingerprint density at radius 2 is 2.00 bits per heavy atom. The van der Waals surface area contributed by atoms with E-state index in [1.54, 1.807) is 11.3 Å². The second-order valence-electron chi connectivity index (χ2n) is 5.59. The van der Waals surface area contributed by atoms with Gasteiger partial charge in [0.2, 0.25) is 0 Å². The molecule has 2 nitrogen and oxygen atoms in total. The van der Waals surface area contributed by atoms with Crippen molar-refractivity contribution in [1.82, 2.24) is 0 Å². The van der Waals surface area contributed by atoms with Crippen molar-refractivity contribution >= 4 is 21.4 Å². The molecule has 0 spiro atoms. The van der Waals surface area contributed by atoms with E-state index < -0.39 is 0 Å². The fraction of sp³-hybridized carbons (Fsp3) is 0.222. The molecule has 0 saturated heterocycles. The second kappa shape index (κ2) is 5.17. The zero-order valence-electron chi connectivity index (χ0n) is 11.7. The Hall–Kier alpha value is -1.84. The van der Waals surface area contributed by atoms with Crippen molar-refractivity contribution in [3.63, 3.8) is 0 Å². The molecular formula is C18H17NOS. The van der Waals surface area contributed by atoms with Crippen LogP contribution in [0.5, 0.6) is 5.75 Å². The van der Waals surface area contributed by atoms with Crippen molar-refractivity contribution in [1.29, 1.82) is 0 Å². The molecule has 106 valence electrons.